The second kappa shape index (κ2) is 9.72. The Bertz CT molecular complexity index is 357. The highest BCUT2D eigenvalue weighted by molar-refractivity contribution is 5.32. The fourth-order valence-electron chi connectivity index (χ4n) is 1.40. The molecule has 108 valence electrons. The SMILES string of the molecule is COCCOCCOCCOc1cc(F)ccc1C. The van der Waals surface area contributed by atoms with E-state index < -0.39 is 0 Å². The van der Waals surface area contributed by atoms with Gasteiger partial charge in [-0.15, -0.1) is 0 Å². The molecule has 0 aliphatic rings. The zero-order valence-corrected chi connectivity index (χ0v) is 11.5. The maximum Gasteiger partial charge on any atom is 0.126 e. The molecule has 0 unspecified atom stereocenters. The average molecular weight is 272 g/mol. The summed E-state index contributed by atoms with van der Waals surface area (Å²) in [5.74, 6) is 0.257. The van der Waals surface area contributed by atoms with Crippen LogP contribution in [-0.2, 0) is 14.2 Å². The number of benzene rings is 1. The Morgan fingerprint density at radius 3 is 2.26 bits per heavy atom. The van der Waals surface area contributed by atoms with E-state index in [2.05, 4.69) is 0 Å². The highest BCUT2D eigenvalue weighted by Gasteiger charge is 2.01. The smallest absolute Gasteiger partial charge is 0.126 e. The van der Waals surface area contributed by atoms with Crippen molar-refractivity contribution in [1.82, 2.24) is 0 Å². The first-order valence-corrected chi connectivity index (χ1v) is 6.27. The summed E-state index contributed by atoms with van der Waals surface area (Å²) in [4.78, 5) is 0. The average Bonchev–Trinajstić information content (AvgIpc) is 2.40. The monoisotopic (exact) mass is 272 g/mol. The van der Waals surface area contributed by atoms with Crippen molar-refractivity contribution < 1.29 is 23.3 Å². The van der Waals surface area contributed by atoms with Crippen LogP contribution in [0.25, 0.3) is 0 Å². The van der Waals surface area contributed by atoms with E-state index in [1.54, 1.807) is 13.2 Å². The largest absolute Gasteiger partial charge is 0.491 e. The molecule has 0 radical (unpaired) electrons. The highest BCUT2D eigenvalue weighted by Crippen LogP contribution is 2.18. The Morgan fingerprint density at radius 1 is 0.947 bits per heavy atom. The number of rotatable bonds is 10. The molecule has 0 aliphatic carbocycles. The van der Waals surface area contributed by atoms with Gasteiger partial charge in [0.15, 0.2) is 0 Å². The van der Waals surface area contributed by atoms with E-state index in [1.165, 1.54) is 12.1 Å². The molecule has 0 saturated carbocycles. The number of ether oxygens (including phenoxy) is 4. The van der Waals surface area contributed by atoms with Gasteiger partial charge in [-0.25, -0.2) is 4.39 Å². The predicted octanol–water partition coefficient (Wildman–Crippen LogP) is 2.19. The van der Waals surface area contributed by atoms with E-state index in [0.717, 1.165) is 5.56 Å². The van der Waals surface area contributed by atoms with E-state index in [-0.39, 0.29) is 5.82 Å². The molecule has 19 heavy (non-hydrogen) atoms. The molecular weight excluding hydrogens is 251 g/mol. The van der Waals surface area contributed by atoms with Crippen LogP contribution in [0.3, 0.4) is 0 Å². The van der Waals surface area contributed by atoms with Crippen LogP contribution < -0.4 is 4.74 Å². The van der Waals surface area contributed by atoms with Crippen LogP contribution in [0.4, 0.5) is 4.39 Å². The van der Waals surface area contributed by atoms with Gasteiger partial charge in [-0.2, -0.15) is 0 Å². The van der Waals surface area contributed by atoms with E-state index in [9.17, 15) is 4.39 Å². The third-order valence-corrected chi connectivity index (χ3v) is 2.44. The summed E-state index contributed by atoms with van der Waals surface area (Å²) in [7, 11) is 1.63. The van der Waals surface area contributed by atoms with Crippen LogP contribution in [0, 0.1) is 12.7 Å². The van der Waals surface area contributed by atoms with Crippen molar-refractivity contribution in [2.24, 2.45) is 0 Å². The fraction of sp³-hybridized carbons (Fsp3) is 0.571. The van der Waals surface area contributed by atoms with Gasteiger partial charge in [-0.05, 0) is 18.6 Å². The molecule has 0 aliphatic heterocycles. The van der Waals surface area contributed by atoms with Crippen molar-refractivity contribution in [2.75, 3.05) is 46.8 Å². The lowest BCUT2D eigenvalue weighted by Gasteiger charge is -2.09. The fourth-order valence-corrected chi connectivity index (χ4v) is 1.40. The van der Waals surface area contributed by atoms with Gasteiger partial charge in [0.25, 0.3) is 0 Å². The van der Waals surface area contributed by atoms with Crippen LogP contribution in [0.15, 0.2) is 18.2 Å². The van der Waals surface area contributed by atoms with Crippen LogP contribution >= 0.6 is 0 Å². The number of aryl methyl sites for hydroxylation is 1. The molecule has 0 amide bonds. The number of halogens is 1. The van der Waals surface area contributed by atoms with E-state index >= 15 is 0 Å². The van der Waals surface area contributed by atoms with Crippen molar-refractivity contribution in [3.63, 3.8) is 0 Å². The second-order valence-corrected chi connectivity index (χ2v) is 3.98. The molecule has 5 heteroatoms. The number of hydrogen-bond donors (Lipinski definition) is 0. The van der Waals surface area contributed by atoms with Crippen LogP contribution in [0.2, 0.25) is 0 Å². The first-order chi connectivity index (χ1) is 9.24. The molecule has 1 aromatic carbocycles. The molecule has 0 saturated heterocycles. The number of hydrogen-bond acceptors (Lipinski definition) is 4. The van der Waals surface area contributed by atoms with Crippen LogP contribution in [0.1, 0.15) is 5.56 Å². The second-order valence-electron chi connectivity index (χ2n) is 3.98. The minimum absolute atomic E-state index is 0.298. The van der Waals surface area contributed by atoms with Crippen molar-refractivity contribution in [1.29, 1.82) is 0 Å². The standard InChI is InChI=1S/C14H21FO4/c1-12-3-4-13(15)11-14(12)19-10-9-18-8-7-17-6-5-16-2/h3-4,11H,5-10H2,1-2H3. The summed E-state index contributed by atoms with van der Waals surface area (Å²) in [6.07, 6.45) is 0. The summed E-state index contributed by atoms with van der Waals surface area (Å²) < 4.78 is 33.8. The number of methoxy groups -OCH3 is 1. The van der Waals surface area contributed by atoms with Gasteiger partial charge in [0.05, 0.1) is 33.0 Å². The van der Waals surface area contributed by atoms with Crippen molar-refractivity contribution >= 4 is 0 Å². The molecule has 4 nitrogen and oxygen atoms in total. The maximum atomic E-state index is 13.0. The first-order valence-electron chi connectivity index (χ1n) is 6.27. The topological polar surface area (TPSA) is 36.9 Å². The lowest BCUT2D eigenvalue weighted by atomic mass is 10.2. The Labute approximate surface area is 113 Å². The van der Waals surface area contributed by atoms with E-state index in [4.69, 9.17) is 18.9 Å². The van der Waals surface area contributed by atoms with E-state index in [1.807, 2.05) is 6.92 Å². The molecule has 0 spiro atoms. The maximum absolute atomic E-state index is 13.0. The minimum atomic E-state index is -0.298. The third kappa shape index (κ3) is 7.10. The molecular formula is C14H21FO4. The molecule has 0 heterocycles. The van der Waals surface area contributed by atoms with Crippen molar-refractivity contribution in [3.05, 3.63) is 29.6 Å². The lowest BCUT2D eigenvalue weighted by molar-refractivity contribution is 0.0179. The Kier molecular flexibility index (Phi) is 8.13. The molecule has 1 rings (SSSR count). The molecule has 0 atom stereocenters. The molecule has 0 aromatic heterocycles. The minimum Gasteiger partial charge on any atom is -0.491 e. The van der Waals surface area contributed by atoms with Gasteiger partial charge in [0, 0.05) is 13.2 Å². The zero-order valence-electron chi connectivity index (χ0n) is 11.5. The lowest BCUT2D eigenvalue weighted by Crippen LogP contribution is -2.12. The quantitative estimate of drug-likeness (QED) is 0.612. The van der Waals surface area contributed by atoms with Crippen molar-refractivity contribution in [2.45, 2.75) is 6.92 Å². The van der Waals surface area contributed by atoms with Gasteiger partial charge < -0.3 is 18.9 Å². The van der Waals surface area contributed by atoms with Crippen molar-refractivity contribution in [3.8, 4) is 5.75 Å². The van der Waals surface area contributed by atoms with Crippen LogP contribution in [0.5, 0.6) is 5.75 Å². The summed E-state index contributed by atoms with van der Waals surface area (Å²) in [6.45, 7) is 4.91. The predicted molar refractivity (Wildman–Crippen MR) is 70.1 cm³/mol. The zero-order chi connectivity index (χ0) is 13.9. The summed E-state index contributed by atoms with van der Waals surface area (Å²) in [5.41, 5.74) is 0.907. The highest BCUT2D eigenvalue weighted by atomic mass is 19.1. The summed E-state index contributed by atoms with van der Waals surface area (Å²) >= 11 is 0. The Balaban J connectivity index is 2.03. The third-order valence-electron chi connectivity index (χ3n) is 2.44. The van der Waals surface area contributed by atoms with Gasteiger partial charge in [0.1, 0.15) is 18.2 Å². The van der Waals surface area contributed by atoms with E-state index in [0.29, 0.717) is 45.4 Å². The molecule has 0 N–H and O–H groups in total. The summed E-state index contributed by atoms with van der Waals surface area (Å²) in [5, 5.41) is 0. The van der Waals surface area contributed by atoms with Gasteiger partial charge >= 0.3 is 0 Å². The first kappa shape index (κ1) is 15.9. The van der Waals surface area contributed by atoms with Gasteiger partial charge in [0.2, 0.25) is 0 Å². The van der Waals surface area contributed by atoms with Gasteiger partial charge in [-0.3, -0.25) is 0 Å². The molecule has 1 aromatic rings. The molecule has 0 fully saturated rings. The van der Waals surface area contributed by atoms with Gasteiger partial charge in [-0.1, -0.05) is 6.07 Å². The normalized spacial score (nSPS) is 10.7. The Morgan fingerprint density at radius 2 is 1.58 bits per heavy atom. The summed E-state index contributed by atoms with van der Waals surface area (Å²) in [6, 6.07) is 4.48. The Hall–Kier alpha value is -1.17. The molecule has 0 bridgehead atoms. The van der Waals surface area contributed by atoms with Crippen LogP contribution in [-0.4, -0.2) is 46.8 Å².